The highest BCUT2D eigenvalue weighted by Crippen LogP contribution is 2.24. The average Bonchev–Trinajstić information content (AvgIpc) is 3.33. The SMILES string of the molecule is CCOC(=O)c1ccc(N2CCC(N[C@@H]3CCCC[C@H]3NC(=O)OCc3ccccc3)C2)cc1. The molecule has 0 aromatic heterocycles. The van der Waals surface area contributed by atoms with Crippen LogP contribution in [0.4, 0.5) is 10.5 Å². The number of rotatable bonds is 8. The summed E-state index contributed by atoms with van der Waals surface area (Å²) in [5.74, 6) is -0.284. The summed E-state index contributed by atoms with van der Waals surface area (Å²) in [6, 6.07) is 18.1. The highest BCUT2D eigenvalue weighted by Gasteiger charge is 2.31. The molecule has 2 aliphatic rings. The lowest BCUT2D eigenvalue weighted by Gasteiger charge is -2.34. The third kappa shape index (κ3) is 6.50. The van der Waals surface area contributed by atoms with Gasteiger partial charge in [0.1, 0.15) is 6.61 Å². The molecule has 2 fully saturated rings. The second kappa shape index (κ2) is 11.9. The molecule has 1 aliphatic carbocycles. The Balaban J connectivity index is 1.26. The number of hydrogen-bond acceptors (Lipinski definition) is 6. The number of esters is 1. The normalized spacial score (nSPS) is 22.3. The number of nitrogens with zero attached hydrogens (tertiary/aromatic N) is 1. The Morgan fingerprint density at radius 1 is 0.941 bits per heavy atom. The predicted molar refractivity (Wildman–Crippen MR) is 132 cm³/mol. The zero-order valence-corrected chi connectivity index (χ0v) is 19.9. The molecule has 0 spiro atoms. The molecule has 0 radical (unpaired) electrons. The Labute approximate surface area is 201 Å². The fourth-order valence-electron chi connectivity index (χ4n) is 4.88. The first-order valence-electron chi connectivity index (χ1n) is 12.4. The van der Waals surface area contributed by atoms with Crippen molar-refractivity contribution in [2.45, 2.75) is 63.8 Å². The maximum Gasteiger partial charge on any atom is 0.407 e. The van der Waals surface area contributed by atoms with Crippen LogP contribution in [-0.4, -0.2) is 49.9 Å². The van der Waals surface area contributed by atoms with Gasteiger partial charge in [-0.3, -0.25) is 0 Å². The summed E-state index contributed by atoms with van der Waals surface area (Å²) in [6.07, 6.45) is 4.99. The van der Waals surface area contributed by atoms with Gasteiger partial charge in [0.25, 0.3) is 0 Å². The molecule has 4 rings (SSSR count). The molecule has 2 aromatic carbocycles. The standard InChI is InChI=1S/C27H35N3O4/c1-2-33-26(31)21-12-14-23(15-13-21)30-17-16-22(18-30)28-24-10-6-7-11-25(24)29-27(32)34-19-20-8-4-3-5-9-20/h3-5,8-9,12-15,22,24-25,28H,2,6-7,10-11,16-19H2,1H3,(H,29,32)/t22?,24-,25-/m1/s1. The quantitative estimate of drug-likeness (QED) is 0.567. The Morgan fingerprint density at radius 2 is 1.68 bits per heavy atom. The third-order valence-corrected chi connectivity index (χ3v) is 6.66. The Bertz CT molecular complexity index is 935. The van der Waals surface area contributed by atoms with Gasteiger partial charge in [-0.2, -0.15) is 0 Å². The van der Waals surface area contributed by atoms with E-state index in [2.05, 4.69) is 15.5 Å². The van der Waals surface area contributed by atoms with Crippen LogP contribution in [0, 0.1) is 0 Å². The van der Waals surface area contributed by atoms with Crippen molar-refractivity contribution < 1.29 is 19.1 Å². The molecule has 1 aliphatic heterocycles. The maximum absolute atomic E-state index is 12.4. The van der Waals surface area contributed by atoms with Gasteiger partial charge >= 0.3 is 12.1 Å². The first-order chi connectivity index (χ1) is 16.6. The summed E-state index contributed by atoms with van der Waals surface area (Å²) < 4.78 is 10.5. The number of nitrogens with one attached hydrogen (secondary N) is 2. The van der Waals surface area contributed by atoms with Crippen LogP contribution >= 0.6 is 0 Å². The van der Waals surface area contributed by atoms with Crippen molar-refractivity contribution in [3.63, 3.8) is 0 Å². The van der Waals surface area contributed by atoms with Gasteiger partial charge < -0.3 is 25.0 Å². The lowest BCUT2D eigenvalue weighted by molar-refractivity contribution is 0.0526. The van der Waals surface area contributed by atoms with E-state index in [1.165, 1.54) is 6.42 Å². The number of amides is 1. The minimum atomic E-state index is -0.350. The molecule has 3 atom stereocenters. The van der Waals surface area contributed by atoms with E-state index < -0.39 is 0 Å². The van der Waals surface area contributed by atoms with Crippen LogP contribution in [0.5, 0.6) is 0 Å². The molecule has 7 nitrogen and oxygen atoms in total. The average molecular weight is 466 g/mol. The van der Waals surface area contributed by atoms with Gasteiger partial charge in [-0.1, -0.05) is 43.2 Å². The number of alkyl carbamates (subject to hydrolysis) is 1. The van der Waals surface area contributed by atoms with Crippen molar-refractivity contribution >= 4 is 17.7 Å². The molecule has 1 saturated carbocycles. The second-order valence-corrected chi connectivity index (χ2v) is 9.07. The van der Waals surface area contributed by atoms with Crippen LogP contribution in [0.25, 0.3) is 0 Å². The molecule has 182 valence electrons. The summed E-state index contributed by atoms with van der Waals surface area (Å²) in [7, 11) is 0. The molecule has 2 aromatic rings. The van der Waals surface area contributed by atoms with E-state index >= 15 is 0 Å². The summed E-state index contributed by atoms with van der Waals surface area (Å²) in [6.45, 7) is 4.33. The van der Waals surface area contributed by atoms with Crippen LogP contribution < -0.4 is 15.5 Å². The minimum absolute atomic E-state index is 0.0786. The highest BCUT2D eigenvalue weighted by atomic mass is 16.5. The lowest BCUT2D eigenvalue weighted by atomic mass is 9.89. The van der Waals surface area contributed by atoms with E-state index in [4.69, 9.17) is 9.47 Å². The van der Waals surface area contributed by atoms with Crippen molar-refractivity contribution in [3.8, 4) is 0 Å². The van der Waals surface area contributed by atoms with Gasteiger partial charge in [0.05, 0.1) is 12.2 Å². The van der Waals surface area contributed by atoms with Crippen molar-refractivity contribution in [3.05, 3.63) is 65.7 Å². The van der Waals surface area contributed by atoms with Gasteiger partial charge in [0.15, 0.2) is 0 Å². The topological polar surface area (TPSA) is 79.9 Å². The molecule has 1 amide bonds. The monoisotopic (exact) mass is 465 g/mol. The van der Waals surface area contributed by atoms with Crippen LogP contribution in [0.1, 0.15) is 54.9 Å². The summed E-state index contributed by atoms with van der Waals surface area (Å²) in [5.41, 5.74) is 2.67. The first kappa shape index (κ1) is 24.1. The van der Waals surface area contributed by atoms with E-state index in [0.717, 1.165) is 50.0 Å². The van der Waals surface area contributed by atoms with Gasteiger partial charge in [-0.05, 0) is 56.0 Å². The minimum Gasteiger partial charge on any atom is -0.462 e. The molecular formula is C27H35N3O4. The Hall–Kier alpha value is -3.06. The highest BCUT2D eigenvalue weighted by molar-refractivity contribution is 5.89. The van der Waals surface area contributed by atoms with Gasteiger partial charge in [-0.15, -0.1) is 0 Å². The van der Waals surface area contributed by atoms with Crippen LogP contribution in [0.15, 0.2) is 54.6 Å². The smallest absolute Gasteiger partial charge is 0.407 e. The summed E-state index contributed by atoms with van der Waals surface area (Å²) in [4.78, 5) is 26.6. The largest absolute Gasteiger partial charge is 0.462 e. The maximum atomic E-state index is 12.4. The first-order valence-corrected chi connectivity index (χ1v) is 12.4. The van der Waals surface area contributed by atoms with E-state index in [-0.39, 0.29) is 30.8 Å². The van der Waals surface area contributed by atoms with Gasteiger partial charge in [0.2, 0.25) is 0 Å². The van der Waals surface area contributed by atoms with Crippen LogP contribution in [0.3, 0.4) is 0 Å². The van der Waals surface area contributed by atoms with E-state index in [9.17, 15) is 9.59 Å². The Morgan fingerprint density at radius 3 is 2.41 bits per heavy atom. The fraction of sp³-hybridized carbons (Fsp3) is 0.481. The summed E-state index contributed by atoms with van der Waals surface area (Å²) >= 11 is 0. The van der Waals surface area contributed by atoms with Crippen LogP contribution in [0.2, 0.25) is 0 Å². The summed E-state index contributed by atoms with van der Waals surface area (Å²) in [5, 5.41) is 6.91. The molecule has 2 N–H and O–H groups in total. The molecule has 0 bridgehead atoms. The molecule has 1 saturated heterocycles. The zero-order chi connectivity index (χ0) is 23.8. The number of anilines is 1. The predicted octanol–water partition coefficient (Wildman–Crippen LogP) is 4.27. The molecular weight excluding hydrogens is 430 g/mol. The van der Waals surface area contributed by atoms with Crippen molar-refractivity contribution in [2.24, 2.45) is 0 Å². The number of hydrogen-bond donors (Lipinski definition) is 2. The van der Waals surface area contributed by atoms with Gasteiger partial charge in [-0.25, -0.2) is 9.59 Å². The van der Waals surface area contributed by atoms with E-state index in [1.54, 1.807) is 0 Å². The van der Waals surface area contributed by atoms with Gasteiger partial charge in [0, 0.05) is 36.9 Å². The van der Waals surface area contributed by atoms with Crippen molar-refractivity contribution in [1.82, 2.24) is 10.6 Å². The molecule has 34 heavy (non-hydrogen) atoms. The molecule has 7 heteroatoms. The lowest BCUT2D eigenvalue weighted by Crippen LogP contribution is -2.54. The molecule has 1 unspecified atom stereocenters. The van der Waals surface area contributed by atoms with Crippen LogP contribution in [-0.2, 0) is 16.1 Å². The Kier molecular flexibility index (Phi) is 8.41. The number of carbonyl (C=O) groups excluding carboxylic acids is 2. The van der Waals surface area contributed by atoms with Crippen molar-refractivity contribution in [2.75, 3.05) is 24.6 Å². The second-order valence-electron chi connectivity index (χ2n) is 9.07. The van der Waals surface area contributed by atoms with E-state index in [1.807, 2.05) is 61.5 Å². The number of ether oxygens (including phenoxy) is 2. The molecule has 1 heterocycles. The zero-order valence-electron chi connectivity index (χ0n) is 19.9. The van der Waals surface area contributed by atoms with E-state index in [0.29, 0.717) is 18.2 Å². The number of benzene rings is 2. The van der Waals surface area contributed by atoms with Crippen molar-refractivity contribution in [1.29, 1.82) is 0 Å². The third-order valence-electron chi connectivity index (χ3n) is 6.66. The number of carbonyl (C=O) groups is 2. The fourth-order valence-corrected chi connectivity index (χ4v) is 4.88.